The normalized spacial score (nSPS) is 32.7. The maximum atomic E-state index is 12.0. The van der Waals surface area contributed by atoms with Crippen LogP contribution >= 0.6 is 0 Å². The fourth-order valence-electron chi connectivity index (χ4n) is 4.50. The number of fused-ring (bicyclic) bond motifs is 2. The lowest BCUT2D eigenvalue weighted by Crippen LogP contribution is -2.50. The van der Waals surface area contributed by atoms with E-state index in [1.165, 1.54) is 16.9 Å². The molecule has 3 heteroatoms. The van der Waals surface area contributed by atoms with E-state index in [0.29, 0.717) is 11.8 Å². The summed E-state index contributed by atoms with van der Waals surface area (Å²) in [4.78, 5) is 12.0. The molecule has 1 fully saturated rings. The van der Waals surface area contributed by atoms with Gasteiger partial charge in [-0.2, -0.15) is 0 Å². The second-order valence-corrected chi connectivity index (χ2v) is 7.97. The Morgan fingerprint density at radius 2 is 2.13 bits per heavy atom. The van der Waals surface area contributed by atoms with Gasteiger partial charge in [-0.05, 0) is 68.4 Å². The highest BCUT2D eigenvalue weighted by Crippen LogP contribution is 2.53. The maximum absolute atomic E-state index is 12.0. The minimum atomic E-state index is -0.195. The molecule has 1 heterocycles. The van der Waals surface area contributed by atoms with Gasteiger partial charge in [-0.25, -0.2) is 4.79 Å². The van der Waals surface area contributed by atoms with Crippen LogP contribution < -0.4 is 0 Å². The van der Waals surface area contributed by atoms with Gasteiger partial charge in [-0.15, -0.1) is 0 Å². The lowest BCUT2D eigenvalue weighted by Gasteiger charge is -2.51. The molecule has 2 aliphatic carbocycles. The highest BCUT2D eigenvalue weighted by molar-refractivity contribution is 5.82. The van der Waals surface area contributed by atoms with Crippen molar-refractivity contribution in [3.63, 3.8) is 0 Å². The van der Waals surface area contributed by atoms with Crippen molar-refractivity contribution in [1.82, 2.24) is 0 Å². The predicted octanol–water partition coefficient (Wildman–Crippen LogP) is 4.62. The molecule has 0 aliphatic heterocycles. The molecule has 1 aromatic heterocycles. The van der Waals surface area contributed by atoms with Gasteiger partial charge in [0.2, 0.25) is 0 Å². The summed E-state index contributed by atoms with van der Waals surface area (Å²) in [5.74, 6) is 1.96. The number of ether oxygens (including phenoxy) is 1. The molecule has 0 aromatic carbocycles. The second kappa shape index (κ2) is 5.85. The number of allylic oxidation sites excluding steroid dienone is 1. The van der Waals surface area contributed by atoms with Crippen LogP contribution in [0.25, 0.3) is 0 Å². The van der Waals surface area contributed by atoms with E-state index in [1.807, 2.05) is 20.1 Å². The Kier molecular flexibility index (Phi) is 4.16. The lowest BCUT2D eigenvalue weighted by molar-refractivity contribution is -0.155. The van der Waals surface area contributed by atoms with Gasteiger partial charge >= 0.3 is 5.97 Å². The lowest BCUT2D eigenvalue weighted by atomic mass is 9.55. The van der Waals surface area contributed by atoms with Gasteiger partial charge in [-0.1, -0.05) is 19.4 Å². The zero-order valence-electron chi connectivity index (χ0n) is 14.9. The summed E-state index contributed by atoms with van der Waals surface area (Å²) in [7, 11) is 0. The number of hydrogen-bond donors (Lipinski definition) is 0. The van der Waals surface area contributed by atoms with E-state index in [1.54, 1.807) is 6.08 Å². The Labute approximate surface area is 139 Å². The van der Waals surface area contributed by atoms with E-state index in [9.17, 15) is 4.79 Å². The molecule has 0 saturated heterocycles. The topological polar surface area (TPSA) is 39.4 Å². The molecule has 126 valence electrons. The first-order valence-electron chi connectivity index (χ1n) is 8.72. The van der Waals surface area contributed by atoms with Crippen molar-refractivity contribution in [2.24, 2.45) is 17.3 Å². The van der Waals surface area contributed by atoms with Crippen LogP contribution in [0.15, 0.2) is 22.3 Å². The molecule has 1 saturated carbocycles. The van der Waals surface area contributed by atoms with Crippen LogP contribution in [0.5, 0.6) is 0 Å². The molecule has 0 amide bonds. The van der Waals surface area contributed by atoms with Gasteiger partial charge in [0.15, 0.2) is 0 Å². The van der Waals surface area contributed by atoms with E-state index >= 15 is 0 Å². The van der Waals surface area contributed by atoms with E-state index in [2.05, 4.69) is 20.8 Å². The van der Waals surface area contributed by atoms with Gasteiger partial charge in [0, 0.05) is 12.5 Å². The summed E-state index contributed by atoms with van der Waals surface area (Å²) >= 11 is 0. The predicted molar refractivity (Wildman–Crippen MR) is 90.2 cm³/mol. The third-order valence-electron chi connectivity index (χ3n) is 6.18. The van der Waals surface area contributed by atoms with Crippen molar-refractivity contribution in [2.45, 2.75) is 66.4 Å². The third-order valence-corrected chi connectivity index (χ3v) is 6.18. The quantitative estimate of drug-likeness (QED) is 0.590. The van der Waals surface area contributed by atoms with Crippen LogP contribution in [0.1, 0.15) is 57.4 Å². The first-order valence-corrected chi connectivity index (χ1v) is 8.72. The first-order chi connectivity index (χ1) is 10.8. The molecule has 0 N–H and O–H groups in total. The third kappa shape index (κ3) is 2.86. The summed E-state index contributed by atoms with van der Waals surface area (Å²) in [5, 5.41) is 0. The van der Waals surface area contributed by atoms with Gasteiger partial charge in [0.1, 0.15) is 11.9 Å². The molecule has 1 aromatic rings. The first kappa shape index (κ1) is 16.4. The van der Waals surface area contributed by atoms with E-state index in [4.69, 9.17) is 9.15 Å². The molecular formula is C20H28O3. The number of carbonyl (C=O) groups is 1. The number of hydrogen-bond acceptors (Lipinski definition) is 3. The Morgan fingerprint density at radius 3 is 2.83 bits per heavy atom. The molecule has 0 bridgehead atoms. The number of furan rings is 1. The fourth-order valence-corrected chi connectivity index (χ4v) is 4.50. The molecule has 3 nitrogen and oxygen atoms in total. The molecule has 2 aliphatic rings. The summed E-state index contributed by atoms with van der Waals surface area (Å²) in [5.41, 5.74) is 3.80. The average Bonchev–Trinajstić information content (AvgIpc) is 2.81. The fraction of sp³-hybridized carbons (Fsp3) is 0.650. The van der Waals surface area contributed by atoms with Crippen molar-refractivity contribution in [2.75, 3.05) is 0 Å². The van der Waals surface area contributed by atoms with Crippen LogP contribution in [0.4, 0.5) is 0 Å². The molecule has 4 unspecified atom stereocenters. The Hall–Kier alpha value is -1.51. The zero-order chi connectivity index (χ0) is 16.8. The monoisotopic (exact) mass is 316 g/mol. The smallest absolute Gasteiger partial charge is 0.330 e. The highest BCUT2D eigenvalue weighted by atomic mass is 16.5. The van der Waals surface area contributed by atoms with Crippen LogP contribution in [-0.2, 0) is 22.4 Å². The maximum Gasteiger partial charge on any atom is 0.330 e. The largest absolute Gasteiger partial charge is 0.469 e. The van der Waals surface area contributed by atoms with Gasteiger partial charge in [0.05, 0.1) is 6.26 Å². The molecule has 3 rings (SSSR count). The van der Waals surface area contributed by atoms with Gasteiger partial charge in [0.25, 0.3) is 0 Å². The highest BCUT2D eigenvalue weighted by Gasteiger charge is 2.50. The number of carbonyl (C=O) groups excluding carboxylic acids is 1. The van der Waals surface area contributed by atoms with E-state index < -0.39 is 0 Å². The van der Waals surface area contributed by atoms with Crippen molar-refractivity contribution >= 4 is 5.97 Å². The van der Waals surface area contributed by atoms with Crippen LogP contribution in [0.2, 0.25) is 0 Å². The molecule has 23 heavy (non-hydrogen) atoms. The summed E-state index contributed by atoms with van der Waals surface area (Å²) in [6, 6.07) is 0. The minimum absolute atomic E-state index is 0.0214. The number of esters is 1. The molecule has 0 radical (unpaired) electrons. The van der Waals surface area contributed by atoms with Crippen LogP contribution in [-0.4, -0.2) is 12.1 Å². The molecule has 4 atom stereocenters. The van der Waals surface area contributed by atoms with Crippen molar-refractivity contribution < 1.29 is 13.9 Å². The number of aryl methyl sites for hydroxylation is 1. The Bertz CT molecular complexity index is 635. The Morgan fingerprint density at radius 1 is 1.39 bits per heavy atom. The van der Waals surface area contributed by atoms with Crippen molar-refractivity contribution in [1.29, 1.82) is 0 Å². The molecular weight excluding hydrogens is 288 g/mol. The summed E-state index contributed by atoms with van der Waals surface area (Å²) < 4.78 is 11.5. The van der Waals surface area contributed by atoms with Gasteiger partial charge < -0.3 is 9.15 Å². The van der Waals surface area contributed by atoms with E-state index in [-0.39, 0.29) is 17.5 Å². The molecule has 0 spiro atoms. The van der Waals surface area contributed by atoms with Crippen LogP contribution in [0, 0.1) is 24.2 Å². The second-order valence-electron chi connectivity index (χ2n) is 7.97. The van der Waals surface area contributed by atoms with Crippen molar-refractivity contribution in [3.05, 3.63) is 34.8 Å². The summed E-state index contributed by atoms with van der Waals surface area (Å²) in [6.07, 6.45) is 7.63. The standard InChI is InChI=1S/C20H28O3/c1-12(2)8-19(21)23-17-7-6-15-9-18-16(13(3)11-22-18)10-20(15,5)14(17)4/h8,11,14-15,17H,6-7,9-10H2,1-5H3. The van der Waals surface area contributed by atoms with E-state index in [0.717, 1.165) is 31.3 Å². The van der Waals surface area contributed by atoms with Gasteiger partial charge in [-0.3, -0.25) is 0 Å². The SMILES string of the molecule is CC(C)=CC(=O)OC1CCC2Cc3occ(C)c3CC2(C)C1C. The minimum Gasteiger partial charge on any atom is -0.469 e. The van der Waals surface area contributed by atoms with Crippen molar-refractivity contribution in [3.8, 4) is 0 Å². The summed E-state index contributed by atoms with van der Waals surface area (Å²) in [6.45, 7) is 10.6. The number of rotatable bonds is 2. The Balaban J connectivity index is 1.81. The van der Waals surface area contributed by atoms with Crippen LogP contribution in [0.3, 0.4) is 0 Å². The zero-order valence-corrected chi connectivity index (χ0v) is 14.9. The average molecular weight is 316 g/mol.